The van der Waals surface area contributed by atoms with E-state index in [2.05, 4.69) is 27.5 Å². The van der Waals surface area contributed by atoms with Gasteiger partial charge in [0.2, 0.25) is 0 Å². The van der Waals surface area contributed by atoms with E-state index in [4.69, 9.17) is 4.74 Å². The largest absolute Gasteiger partial charge is 0.377 e. The number of methoxy groups -OCH3 is 1. The lowest BCUT2D eigenvalue weighted by atomic mass is 9.70. The second kappa shape index (κ2) is 8.41. The average Bonchev–Trinajstić information content (AvgIpc) is 2.57. The summed E-state index contributed by atoms with van der Waals surface area (Å²) >= 11 is 0. The van der Waals surface area contributed by atoms with Gasteiger partial charge in [-0.25, -0.2) is 18.4 Å². The molecule has 0 aromatic carbocycles. The number of anilines is 1. The van der Waals surface area contributed by atoms with Gasteiger partial charge in [-0.3, -0.25) is 0 Å². The van der Waals surface area contributed by atoms with Crippen molar-refractivity contribution in [2.75, 3.05) is 31.3 Å². The van der Waals surface area contributed by atoms with Crippen LogP contribution in [0.3, 0.4) is 0 Å². The maximum Gasteiger partial charge on any atom is 0.156 e. The Hall–Kier alpha value is -1.25. The maximum atomic E-state index is 12.7. The number of sulfone groups is 1. The van der Waals surface area contributed by atoms with E-state index >= 15 is 0 Å². The van der Waals surface area contributed by atoms with Crippen LogP contribution in [0.2, 0.25) is 0 Å². The molecule has 27 heavy (non-hydrogen) atoms. The Balaban J connectivity index is 1.56. The first kappa shape index (κ1) is 20.5. The smallest absolute Gasteiger partial charge is 0.156 e. The Bertz CT molecular complexity index is 747. The number of hydrogen-bond acceptors (Lipinski definition) is 7. The normalized spacial score (nSPS) is 29.4. The quantitative estimate of drug-likeness (QED) is 0.695. The Kier molecular flexibility index (Phi) is 6.38. The molecule has 8 heteroatoms. The van der Waals surface area contributed by atoms with Crippen molar-refractivity contribution in [1.82, 2.24) is 15.3 Å². The van der Waals surface area contributed by atoms with E-state index in [1.54, 1.807) is 7.11 Å². The molecular formula is C19H32N4O3S. The maximum absolute atomic E-state index is 12.7. The van der Waals surface area contributed by atoms with Gasteiger partial charge in [-0.2, -0.15) is 0 Å². The minimum atomic E-state index is -2.99. The number of aryl methyl sites for hydroxylation is 1. The zero-order valence-electron chi connectivity index (χ0n) is 16.6. The first-order valence-corrected chi connectivity index (χ1v) is 11.6. The molecule has 152 valence electrons. The Labute approximate surface area is 162 Å². The van der Waals surface area contributed by atoms with Crippen molar-refractivity contribution in [3.8, 4) is 0 Å². The summed E-state index contributed by atoms with van der Waals surface area (Å²) < 4.78 is 30.0. The summed E-state index contributed by atoms with van der Waals surface area (Å²) in [7, 11) is -1.37. The zero-order valence-corrected chi connectivity index (χ0v) is 17.4. The first-order valence-electron chi connectivity index (χ1n) is 9.90. The van der Waals surface area contributed by atoms with Crippen LogP contribution >= 0.6 is 0 Å². The number of aromatic nitrogens is 2. The lowest BCUT2D eigenvalue weighted by Crippen LogP contribution is -2.59. The summed E-state index contributed by atoms with van der Waals surface area (Å²) in [5, 5.41) is 6.88. The summed E-state index contributed by atoms with van der Waals surface area (Å²) in [6.07, 6.45) is 4.08. The standard InChI is InChI=1S/C19H32N4O3S/c1-4-6-20-16-5-7-27(24,25)19(11-16)9-15(10-19)12-21-17-8-14(2)22-18(23-17)13-26-3/h8,15-16,20H,4-7,9-13H2,1-3H3,(H,21,22,23). The van der Waals surface area contributed by atoms with Gasteiger partial charge in [0, 0.05) is 31.5 Å². The second-order valence-electron chi connectivity index (χ2n) is 8.04. The van der Waals surface area contributed by atoms with Gasteiger partial charge in [-0.1, -0.05) is 6.92 Å². The van der Waals surface area contributed by atoms with Crippen LogP contribution in [0.15, 0.2) is 6.07 Å². The molecule has 1 aromatic rings. The molecular weight excluding hydrogens is 364 g/mol. The van der Waals surface area contributed by atoms with Gasteiger partial charge >= 0.3 is 0 Å². The van der Waals surface area contributed by atoms with Crippen molar-refractivity contribution in [2.24, 2.45) is 5.92 Å². The van der Waals surface area contributed by atoms with E-state index < -0.39 is 14.6 Å². The minimum absolute atomic E-state index is 0.319. The Morgan fingerprint density at radius 2 is 2.07 bits per heavy atom. The number of ether oxygens (including phenoxy) is 1. The average molecular weight is 397 g/mol. The van der Waals surface area contributed by atoms with Crippen molar-refractivity contribution in [2.45, 2.75) is 63.3 Å². The van der Waals surface area contributed by atoms with Crippen LogP contribution in [0.5, 0.6) is 0 Å². The van der Waals surface area contributed by atoms with Crippen molar-refractivity contribution in [3.05, 3.63) is 17.6 Å². The first-order chi connectivity index (χ1) is 12.9. The summed E-state index contributed by atoms with van der Waals surface area (Å²) in [6.45, 7) is 6.16. The second-order valence-corrected chi connectivity index (χ2v) is 10.5. The SMILES string of the molecule is CCCNC1CCS(=O)(=O)C2(CC(CNc3cc(C)nc(COC)n3)C2)C1. The Morgan fingerprint density at radius 1 is 1.30 bits per heavy atom. The van der Waals surface area contributed by atoms with Crippen LogP contribution in [0.25, 0.3) is 0 Å². The highest BCUT2D eigenvalue weighted by atomic mass is 32.2. The molecule has 0 radical (unpaired) electrons. The van der Waals surface area contributed by atoms with E-state index in [1.807, 2.05) is 13.0 Å². The van der Waals surface area contributed by atoms with Gasteiger partial charge in [0.1, 0.15) is 12.4 Å². The predicted molar refractivity (Wildman–Crippen MR) is 107 cm³/mol. The third-order valence-corrected chi connectivity index (χ3v) is 8.36. The minimum Gasteiger partial charge on any atom is -0.377 e. The number of hydrogen-bond donors (Lipinski definition) is 2. The Morgan fingerprint density at radius 3 is 2.78 bits per heavy atom. The molecule has 2 N–H and O–H groups in total. The molecule has 0 bridgehead atoms. The van der Waals surface area contributed by atoms with E-state index in [1.165, 1.54) is 0 Å². The topological polar surface area (TPSA) is 93.2 Å². The zero-order chi connectivity index (χ0) is 19.5. The summed E-state index contributed by atoms with van der Waals surface area (Å²) in [6, 6.07) is 2.25. The molecule has 2 aliphatic rings. The predicted octanol–water partition coefficient (Wildman–Crippen LogP) is 2.07. The third-order valence-electron chi connectivity index (χ3n) is 5.76. The van der Waals surface area contributed by atoms with Crippen molar-refractivity contribution < 1.29 is 13.2 Å². The van der Waals surface area contributed by atoms with E-state index in [9.17, 15) is 8.42 Å². The van der Waals surface area contributed by atoms with Crippen LogP contribution in [-0.2, 0) is 21.2 Å². The monoisotopic (exact) mass is 396 g/mol. The highest BCUT2D eigenvalue weighted by molar-refractivity contribution is 7.92. The van der Waals surface area contributed by atoms with E-state index in [0.29, 0.717) is 30.1 Å². The molecule has 1 spiro atoms. The molecule has 3 rings (SSSR count). The summed E-state index contributed by atoms with van der Waals surface area (Å²) in [5.74, 6) is 2.13. The highest BCUT2D eigenvalue weighted by Crippen LogP contribution is 2.50. The molecule has 2 fully saturated rings. The molecule has 1 unspecified atom stereocenters. The van der Waals surface area contributed by atoms with Crippen LogP contribution < -0.4 is 10.6 Å². The van der Waals surface area contributed by atoms with Crippen LogP contribution in [0.4, 0.5) is 5.82 Å². The van der Waals surface area contributed by atoms with Crippen molar-refractivity contribution in [1.29, 1.82) is 0 Å². The highest BCUT2D eigenvalue weighted by Gasteiger charge is 2.56. The van der Waals surface area contributed by atoms with Gasteiger partial charge in [0.25, 0.3) is 0 Å². The molecule has 1 saturated heterocycles. The summed E-state index contributed by atoms with van der Waals surface area (Å²) in [5.41, 5.74) is 0.893. The van der Waals surface area contributed by atoms with Crippen LogP contribution in [0.1, 0.15) is 50.5 Å². The third kappa shape index (κ3) is 4.60. The molecule has 1 atom stereocenters. The summed E-state index contributed by atoms with van der Waals surface area (Å²) in [4.78, 5) is 8.80. The van der Waals surface area contributed by atoms with Crippen LogP contribution in [0, 0.1) is 12.8 Å². The molecule has 1 aromatic heterocycles. The van der Waals surface area contributed by atoms with Crippen molar-refractivity contribution in [3.63, 3.8) is 0 Å². The number of nitrogens with one attached hydrogen (secondary N) is 2. The molecule has 1 aliphatic carbocycles. The fourth-order valence-electron chi connectivity index (χ4n) is 4.44. The van der Waals surface area contributed by atoms with Gasteiger partial charge in [-0.05, 0) is 51.5 Å². The van der Waals surface area contributed by atoms with Gasteiger partial charge in [0.15, 0.2) is 15.7 Å². The van der Waals surface area contributed by atoms with Gasteiger partial charge in [-0.15, -0.1) is 0 Å². The van der Waals surface area contributed by atoms with Gasteiger partial charge in [0.05, 0.1) is 10.5 Å². The number of rotatable bonds is 8. The molecule has 2 heterocycles. The number of nitrogens with zero attached hydrogens (tertiary/aromatic N) is 2. The van der Waals surface area contributed by atoms with Crippen LogP contribution in [-0.4, -0.2) is 55.1 Å². The molecule has 1 saturated carbocycles. The molecule has 0 amide bonds. The lowest BCUT2D eigenvalue weighted by molar-refractivity contribution is 0.177. The lowest BCUT2D eigenvalue weighted by Gasteiger charge is -2.51. The van der Waals surface area contributed by atoms with E-state index in [0.717, 1.165) is 56.7 Å². The van der Waals surface area contributed by atoms with Crippen molar-refractivity contribution >= 4 is 15.7 Å². The molecule has 7 nitrogen and oxygen atoms in total. The fraction of sp³-hybridized carbons (Fsp3) is 0.789. The molecule has 1 aliphatic heterocycles. The van der Waals surface area contributed by atoms with Gasteiger partial charge < -0.3 is 15.4 Å². The van der Waals surface area contributed by atoms with E-state index in [-0.39, 0.29) is 0 Å². The fourth-order valence-corrected chi connectivity index (χ4v) is 6.90.